The van der Waals surface area contributed by atoms with Gasteiger partial charge in [-0.2, -0.15) is 0 Å². The van der Waals surface area contributed by atoms with Gasteiger partial charge >= 0.3 is 0 Å². The zero-order valence-electron chi connectivity index (χ0n) is 19.2. The van der Waals surface area contributed by atoms with Crippen LogP contribution in [-0.2, 0) is 14.8 Å². The van der Waals surface area contributed by atoms with E-state index in [9.17, 15) is 13.2 Å². The number of para-hydroxylation sites is 1. The van der Waals surface area contributed by atoms with Crippen molar-refractivity contribution >= 4 is 49.2 Å². The number of hydrogen-bond acceptors (Lipinski definition) is 6. The third-order valence-corrected chi connectivity index (χ3v) is 6.66. The van der Waals surface area contributed by atoms with Gasteiger partial charge in [-0.25, -0.2) is 8.42 Å². The molecule has 9 heteroatoms. The molecule has 1 heterocycles. The van der Waals surface area contributed by atoms with E-state index in [0.717, 1.165) is 22.6 Å². The minimum atomic E-state index is -3.62. The van der Waals surface area contributed by atoms with Gasteiger partial charge in [-0.1, -0.05) is 18.2 Å². The van der Waals surface area contributed by atoms with Crippen molar-refractivity contribution in [2.24, 2.45) is 0 Å². The largest absolute Gasteiger partial charge is 0.497 e. The Kier molecular flexibility index (Phi) is 6.65. The molecule has 1 N–H and O–H groups in total. The van der Waals surface area contributed by atoms with E-state index in [1.807, 2.05) is 36.4 Å². The second-order valence-electron chi connectivity index (χ2n) is 7.83. The van der Waals surface area contributed by atoms with Crippen LogP contribution in [0, 0.1) is 0 Å². The number of carbonyl (C=O) groups excluding carboxylic acids is 1. The predicted octanol–water partition coefficient (Wildman–Crippen LogP) is 4.79. The van der Waals surface area contributed by atoms with Crippen LogP contribution in [0.3, 0.4) is 0 Å². The smallest absolute Gasteiger partial charge is 0.232 e. The van der Waals surface area contributed by atoms with E-state index in [-0.39, 0.29) is 18.9 Å². The molecule has 0 radical (unpaired) electrons. The predicted molar refractivity (Wildman–Crippen MR) is 133 cm³/mol. The Labute approximate surface area is 198 Å². The highest BCUT2D eigenvalue weighted by Gasteiger charge is 2.22. The maximum absolute atomic E-state index is 12.6. The molecule has 4 aromatic rings. The molecule has 0 spiro atoms. The van der Waals surface area contributed by atoms with Crippen molar-refractivity contribution in [2.75, 3.05) is 36.6 Å². The molecule has 0 aliphatic heterocycles. The highest BCUT2D eigenvalue weighted by atomic mass is 32.2. The summed E-state index contributed by atoms with van der Waals surface area (Å²) in [5.41, 5.74) is 2.45. The highest BCUT2D eigenvalue weighted by Crippen LogP contribution is 2.34. The van der Waals surface area contributed by atoms with Crippen LogP contribution in [0.5, 0.6) is 11.5 Å². The van der Waals surface area contributed by atoms with Crippen LogP contribution in [0.1, 0.15) is 12.8 Å². The van der Waals surface area contributed by atoms with Gasteiger partial charge in [-0.3, -0.25) is 9.10 Å². The molecule has 0 fully saturated rings. The topological polar surface area (TPSA) is 98.1 Å². The summed E-state index contributed by atoms with van der Waals surface area (Å²) in [4.78, 5) is 12.6. The SMILES string of the molecule is COc1ccc(OC)c(N(CCCC(=O)Nc2ccc3c(c2)oc2ccccc23)S(C)(=O)=O)c1. The van der Waals surface area contributed by atoms with Gasteiger partial charge in [0.25, 0.3) is 0 Å². The van der Waals surface area contributed by atoms with Gasteiger partial charge in [0.2, 0.25) is 15.9 Å². The lowest BCUT2D eigenvalue weighted by Gasteiger charge is -2.24. The van der Waals surface area contributed by atoms with Crippen LogP contribution in [0.15, 0.2) is 65.1 Å². The number of furan rings is 1. The Morgan fingerprint density at radius 3 is 2.47 bits per heavy atom. The Morgan fingerprint density at radius 2 is 1.74 bits per heavy atom. The fourth-order valence-corrected chi connectivity index (χ4v) is 4.83. The molecule has 0 atom stereocenters. The Hall–Kier alpha value is -3.72. The number of amides is 1. The molecule has 1 amide bonds. The molecule has 178 valence electrons. The molecular formula is C25H26N2O6S. The third kappa shape index (κ3) is 4.94. The number of benzene rings is 3. The van der Waals surface area contributed by atoms with Gasteiger partial charge in [0.1, 0.15) is 22.7 Å². The van der Waals surface area contributed by atoms with Crippen molar-refractivity contribution < 1.29 is 27.1 Å². The summed E-state index contributed by atoms with van der Waals surface area (Å²) in [6.07, 6.45) is 1.57. The van der Waals surface area contributed by atoms with E-state index in [4.69, 9.17) is 13.9 Å². The third-order valence-electron chi connectivity index (χ3n) is 5.48. The second-order valence-corrected chi connectivity index (χ2v) is 9.74. The standard InChI is InChI=1S/C25H26N2O6S/c1-31-18-11-13-23(32-2)21(16-18)27(34(3,29)30)14-6-9-25(28)26-17-10-12-20-19-7-4-5-8-22(19)33-24(20)15-17/h4-5,7-8,10-13,15-16H,6,9,14H2,1-3H3,(H,26,28). The fourth-order valence-electron chi connectivity index (χ4n) is 3.87. The number of fused-ring (bicyclic) bond motifs is 3. The first kappa shape index (κ1) is 23.4. The second kappa shape index (κ2) is 9.64. The normalized spacial score (nSPS) is 11.5. The Morgan fingerprint density at radius 1 is 0.971 bits per heavy atom. The van der Waals surface area contributed by atoms with Crippen LogP contribution in [0.2, 0.25) is 0 Å². The average Bonchev–Trinajstić information content (AvgIpc) is 3.18. The lowest BCUT2D eigenvalue weighted by Crippen LogP contribution is -2.31. The Bertz CT molecular complexity index is 1440. The molecule has 0 bridgehead atoms. The first-order valence-corrected chi connectivity index (χ1v) is 12.6. The van der Waals surface area contributed by atoms with E-state index < -0.39 is 10.0 Å². The molecule has 0 aliphatic carbocycles. The summed E-state index contributed by atoms with van der Waals surface area (Å²) in [6.45, 7) is 0.110. The lowest BCUT2D eigenvalue weighted by molar-refractivity contribution is -0.116. The van der Waals surface area contributed by atoms with Crippen LogP contribution < -0.4 is 19.1 Å². The maximum Gasteiger partial charge on any atom is 0.232 e. The average molecular weight is 483 g/mol. The number of hydrogen-bond donors (Lipinski definition) is 1. The Balaban J connectivity index is 1.44. The molecule has 4 rings (SSSR count). The number of rotatable bonds is 9. The number of anilines is 2. The quantitative estimate of drug-likeness (QED) is 0.368. The van der Waals surface area contributed by atoms with E-state index in [1.165, 1.54) is 18.5 Å². The molecule has 0 aliphatic rings. The molecule has 3 aromatic carbocycles. The summed E-state index contributed by atoms with van der Waals surface area (Å²) in [7, 11) is -0.642. The minimum absolute atomic E-state index is 0.110. The van der Waals surface area contributed by atoms with Crippen LogP contribution in [0.25, 0.3) is 21.9 Å². The molecule has 34 heavy (non-hydrogen) atoms. The first-order chi connectivity index (χ1) is 16.3. The number of nitrogens with one attached hydrogen (secondary N) is 1. The van der Waals surface area contributed by atoms with Crippen LogP contribution >= 0.6 is 0 Å². The van der Waals surface area contributed by atoms with Crippen molar-refractivity contribution in [3.8, 4) is 11.5 Å². The lowest BCUT2D eigenvalue weighted by atomic mass is 10.1. The summed E-state index contributed by atoms with van der Waals surface area (Å²) >= 11 is 0. The number of carbonyl (C=O) groups is 1. The van der Waals surface area contributed by atoms with E-state index in [0.29, 0.717) is 34.9 Å². The number of ether oxygens (including phenoxy) is 2. The van der Waals surface area contributed by atoms with Crippen molar-refractivity contribution in [1.82, 2.24) is 0 Å². The van der Waals surface area contributed by atoms with Crippen molar-refractivity contribution in [3.05, 3.63) is 60.7 Å². The molecule has 0 saturated heterocycles. The van der Waals surface area contributed by atoms with Crippen LogP contribution in [-0.4, -0.2) is 41.3 Å². The minimum Gasteiger partial charge on any atom is -0.497 e. The fraction of sp³-hybridized carbons (Fsp3) is 0.240. The van der Waals surface area contributed by atoms with E-state index >= 15 is 0 Å². The summed E-state index contributed by atoms with van der Waals surface area (Å²) in [6, 6.07) is 18.2. The highest BCUT2D eigenvalue weighted by molar-refractivity contribution is 7.92. The number of methoxy groups -OCH3 is 2. The van der Waals surface area contributed by atoms with E-state index in [2.05, 4.69) is 5.32 Å². The van der Waals surface area contributed by atoms with Gasteiger partial charge in [-0.05, 0) is 36.8 Å². The zero-order chi connectivity index (χ0) is 24.3. The van der Waals surface area contributed by atoms with Gasteiger partial charge < -0.3 is 19.2 Å². The van der Waals surface area contributed by atoms with Crippen LogP contribution in [0.4, 0.5) is 11.4 Å². The molecule has 1 aromatic heterocycles. The van der Waals surface area contributed by atoms with Gasteiger partial charge in [0.05, 0.1) is 26.2 Å². The monoisotopic (exact) mass is 482 g/mol. The molecular weight excluding hydrogens is 456 g/mol. The summed E-state index contributed by atoms with van der Waals surface area (Å²) in [5, 5.41) is 4.85. The van der Waals surface area contributed by atoms with Gasteiger partial charge in [0.15, 0.2) is 0 Å². The number of sulfonamides is 1. The van der Waals surface area contributed by atoms with Crippen molar-refractivity contribution in [2.45, 2.75) is 12.8 Å². The summed E-state index contributed by atoms with van der Waals surface area (Å²) < 4.78 is 42.6. The molecule has 0 unspecified atom stereocenters. The number of nitrogens with zero attached hydrogens (tertiary/aromatic N) is 1. The van der Waals surface area contributed by atoms with E-state index in [1.54, 1.807) is 24.3 Å². The zero-order valence-corrected chi connectivity index (χ0v) is 20.0. The summed E-state index contributed by atoms with van der Waals surface area (Å²) in [5.74, 6) is 0.680. The first-order valence-electron chi connectivity index (χ1n) is 10.7. The van der Waals surface area contributed by atoms with Gasteiger partial charge in [0, 0.05) is 41.6 Å². The maximum atomic E-state index is 12.6. The van der Waals surface area contributed by atoms with Crippen molar-refractivity contribution in [3.63, 3.8) is 0 Å². The van der Waals surface area contributed by atoms with Gasteiger partial charge in [-0.15, -0.1) is 0 Å². The molecule has 0 saturated carbocycles. The van der Waals surface area contributed by atoms with Crippen molar-refractivity contribution in [1.29, 1.82) is 0 Å². The molecule has 8 nitrogen and oxygen atoms in total.